The van der Waals surface area contributed by atoms with Gasteiger partial charge in [0.05, 0.1) is 18.0 Å². The highest BCUT2D eigenvalue weighted by Crippen LogP contribution is 2.02. The van der Waals surface area contributed by atoms with Crippen LogP contribution in [-0.4, -0.2) is 24.0 Å². The van der Waals surface area contributed by atoms with E-state index in [9.17, 15) is 4.79 Å². The van der Waals surface area contributed by atoms with Crippen LogP contribution < -0.4 is 10.6 Å². The van der Waals surface area contributed by atoms with Crippen molar-refractivity contribution in [3.8, 4) is 6.07 Å². The highest BCUT2D eigenvalue weighted by atomic mass is 16.2. The lowest BCUT2D eigenvalue weighted by molar-refractivity contribution is -0.127. The molecule has 4 nitrogen and oxygen atoms in total. The molecule has 1 amide bonds. The maximum Gasteiger partial charge on any atom is 0.239 e. The number of likely N-dealkylation sites (N-methyl/N-ethyl adjacent to an activating group) is 1. The number of carbonyl (C=O) groups excluding carboxylic acids is 1. The predicted octanol–water partition coefficient (Wildman–Crippen LogP) is 0.793. The Bertz CT molecular complexity index is 230. The van der Waals surface area contributed by atoms with E-state index in [-0.39, 0.29) is 11.9 Å². The Kier molecular flexibility index (Phi) is 5.18. The summed E-state index contributed by atoms with van der Waals surface area (Å²) < 4.78 is 0. The second-order valence-electron chi connectivity index (χ2n) is 3.89. The molecule has 1 unspecified atom stereocenters. The van der Waals surface area contributed by atoms with E-state index in [0.717, 1.165) is 6.54 Å². The van der Waals surface area contributed by atoms with Gasteiger partial charge in [0.2, 0.25) is 5.91 Å². The smallest absolute Gasteiger partial charge is 0.239 e. The third-order valence-electron chi connectivity index (χ3n) is 1.96. The zero-order chi connectivity index (χ0) is 11.2. The number of nitrogens with one attached hydrogen (secondary N) is 2. The number of rotatable bonds is 5. The first-order valence-corrected chi connectivity index (χ1v) is 4.87. The lowest BCUT2D eigenvalue weighted by Crippen LogP contribution is -2.54. The van der Waals surface area contributed by atoms with E-state index in [1.54, 1.807) is 0 Å². The number of nitrogens with zero attached hydrogens (tertiary/aromatic N) is 1. The molecule has 0 saturated heterocycles. The molecule has 0 aromatic rings. The van der Waals surface area contributed by atoms with Gasteiger partial charge >= 0.3 is 0 Å². The van der Waals surface area contributed by atoms with Gasteiger partial charge in [-0.2, -0.15) is 5.26 Å². The van der Waals surface area contributed by atoms with Gasteiger partial charge in [-0.05, 0) is 27.3 Å². The molecule has 1 atom stereocenters. The second-order valence-corrected chi connectivity index (χ2v) is 3.89. The van der Waals surface area contributed by atoms with Crippen molar-refractivity contribution >= 4 is 5.91 Å². The minimum absolute atomic E-state index is 0.0675. The Morgan fingerprint density at radius 1 is 1.57 bits per heavy atom. The van der Waals surface area contributed by atoms with E-state index in [0.29, 0.717) is 6.42 Å². The van der Waals surface area contributed by atoms with Crippen LogP contribution in [-0.2, 0) is 4.79 Å². The van der Waals surface area contributed by atoms with Crippen LogP contribution in [0.2, 0.25) is 0 Å². The van der Waals surface area contributed by atoms with Crippen molar-refractivity contribution in [1.29, 1.82) is 5.26 Å². The average molecular weight is 197 g/mol. The molecule has 0 spiro atoms. The maximum atomic E-state index is 11.7. The van der Waals surface area contributed by atoms with Gasteiger partial charge in [-0.3, -0.25) is 4.79 Å². The largest absolute Gasteiger partial charge is 0.351 e. The molecule has 14 heavy (non-hydrogen) atoms. The van der Waals surface area contributed by atoms with Crippen molar-refractivity contribution in [3.63, 3.8) is 0 Å². The summed E-state index contributed by atoms with van der Waals surface area (Å²) in [5.74, 6) is -0.0675. The number of amides is 1. The van der Waals surface area contributed by atoms with Crippen molar-refractivity contribution in [2.24, 2.45) is 0 Å². The molecular formula is C10H19N3O. The van der Waals surface area contributed by atoms with Gasteiger partial charge in [-0.15, -0.1) is 0 Å². The van der Waals surface area contributed by atoms with Crippen LogP contribution in [0.3, 0.4) is 0 Å². The van der Waals surface area contributed by atoms with Crippen molar-refractivity contribution in [3.05, 3.63) is 0 Å². The van der Waals surface area contributed by atoms with Gasteiger partial charge in [0.15, 0.2) is 0 Å². The summed E-state index contributed by atoms with van der Waals surface area (Å²) in [6.45, 7) is 8.17. The number of hydrogen-bond donors (Lipinski definition) is 2. The quantitative estimate of drug-likeness (QED) is 0.685. The van der Waals surface area contributed by atoms with Crippen molar-refractivity contribution < 1.29 is 4.79 Å². The Morgan fingerprint density at radius 3 is 2.57 bits per heavy atom. The molecule has 0 fully saturated rings. The van der Waals surface area contributed by atoms with Crippen molar-refractivity contribution in [2.75, 3.05) is 6.54 Å². The van der Waals surface area contributed by atoms with E-state index < -0.39 is 5.54 Å². The number of nitriles is 1. The SMILES string of the molecule is CCNC(C)(C)C(=O)NC(C)CC#N. The molecule has 0 rings (SSSR count). The molecule has 0 radical (unpaired) electrons. The second kappa shape index (κ2) is 5.61. The number of carbonyl (C=O) groups is 1. The molecule has 0 aromatic heterocycles. The van der Waals surface area contributed by atoms with Crippen LogP contribution in [0, 0.1) is 11.3 Å². The van der Waals surface area contributed by atoms with Gasteiger partial charge < -0.3 is 10.6 Å². The lowest BCUT2D eigenvalue weighted by atomic mass is 10.0. The molecule has 0 bridgehead atoms. The molecule has 0 aliphatic carbocycles. The van der Waals surface area contributed by atoms with Crippen LogP contribution in [0.25, 0.3) is 0 Å². The van der Waals surface area contributed by atoms with Gasteiger partial charge in [0.25, 0.3) is 0 Å². The van der Waals surface area contributed by atoms with Gasteiger partial charge in [0.1, 0.15) is 0 Å². The maximum absolute atomic E-state index is 11.7. The summed E-state index contributed by atoms with van der Waals surface area (Å²) in [4.78, 5) is 11.7. The van der Waals surface area contributed by atoms with Crippen LogP contribution >= 0.6 is 0 Å². The van der Waals surface area contributed by atoms with Crippen LogP contribution in [0.1, 0.15) is 34.1 Å². The molecule has 0 aliphatic heterocycles. The van der Waals surface area contributed by atoms with Gasteiger partial charge in [-0.25, -0.2) is 0 Å². The summed E-state index contributed by atoms with van der Waals surface area (Å²) in [6.07, 6.45) is 0.341. The van der Waals surface area contributed by atoms with E-state index in [1.807, 2.05) is 33.8 Å². The molecule has 80 valence electrons. The highest BCUT2D eigenvalue weighted by Gasteiger charge is 2.26. The monoisotopic (exact) mass is 197 g/mol. The Morgan fingerprint density at radius 2 is 2.14 bits per heavy atom. The van der Waals surface area contributed by atoms with Crippen LogP contribution in [0.4, 0.5) is 0 Å². The van der Waals surface area contributed by atoms with Crippen molar-refractivity contribution in [2.45, 2.75) is 45.7 Å². The Labute approximate surface area is 85.7 Å². The zero-order valence-corrected chi connectivity index (χ0v) is 9.35. The summed E-state index contributed by atoms with van der Waals surface area (Å²) in [5, 5.41) is 14.3. The minimum atomic E-state index is -0.571. The third-order valence-corrected chi connectivity index (χ3v) is 1.96. The Hall–Kier alpha value is -1.08. The molecular weight excluding hydrogens is 178 g/mol. The standard InChI is InChI=1S/C10H19N3O/c1-5-12-10(3,4)9(14)13-8(2)6-7-11/h8,12H,5-6H2,1-4H3,(H,13,14). The summed E-state index contributed by atoms with van der Waals surface area (Å²) in [6, 6.07) is 1.93. The highest BCUT2D eigenvalue weighted by molar-refractivity contribution is 5.85. The predicted molar refractivity (Wildman–Crippen MR) is 55.6 cm³/mol. The molecule has 0 heterocycles. The summed E-state index contributed by atoms with van der Waals surface area (Å²) in [5.41, 5.74) is -0.571. The van der Waals surface area contributed by atoms with Gasteiger partial charge in [0, 0.05) is 6.04 Å². The van der Waals surface area contributed by atoms with Crippen LogP contribution in [0.15, 0.2) is 0 Å². The van der Waals surface area contributed by atoms with Crippen molar-refractivity contribution in [1.82, 2.24) is 10.6 Å². The normalized spacial score (nSPS) is 13.1. The fraction of sp³-hybridized carbons (Fsp3) is 0.800. The molecule has 4 heteroatoms. The lowest BCUT2D eigenvalue weighted by Gasteiger charge is -2.26. The first-order chi connectivity index (χ1) is 6.44. The topological polar surface area (TPSA) is 64.9 Å². The number of hydrogen-bond acceptors (Lipinski definition) is 3. The average Bonchev–Trinajstić information content (AvgIpc) is 2.04. The fourth-order valence-electron chi connectivity index (χ4n) is 1.11. The Balaban J connectivity index is 4.13. The molecule has 0 aliphatic rings. The van der Waals surface area contributed by atoms with E-state index in [4.69, 9.17) is 5.26 Å². The van der Waals surface area contributed by atoms with E-state index >= 15 is 0 Å². The first kappa shape index (κ1) is 12.9. The summed E-state index contributed by atoms with van der Waals surface area (Å²) in [7, 11) is 0. The molecule has 0 saturated carbocycles. The fourth-order valence-corrected chi connectivity index (χ4v) is 1.11. The van der Waals surface area contributed by atoms with E-state index in [1.165, 1.54) is 0 Å². The minimum Gasteiger partial charge on any atom is -0.351 e. The first-order valence-electron chi connectivity index (χ1n) is 4.87. The molecule has 2 N–H and O–H groups in total. The van der Waals surface area contributed by atoms with Gasteiger partial charge in [-0.1, -0.05) is 6.92 Å². The third kappa shape index (κ3) is 4.24. The van der Waals surface area contributed by atoms with E-state index in [2.05, 4.69) is 10.6 Å². The zero-order valence-electron chi connectivity index (χ0n) is 9.35. The summed E-state index contributed by atoms with van der Waals surface area (Å²) >= 11 is 0. The van der Waals surface area contributed by atoms with Crippen LogP contribution in [0.5, 0.6) is 0 Å². The molecule has 0 aromatic carbocycles.